The van der Waals surface area contributed by atoms with E-state index in [9.17, 15) is 5.11 Å². The van der Waals surface area contributed by atoms with Crippen LogP contribution in [0.1, 0.15) is 6.42 Å². The lowest BCUT2D eigenvalue weighted by Crippen LogP contribution is -2.21. The van der Waals surface area contributed by atoms with Gasteiger partial charge in [-0.05, 0) is 42.8 Å². The van der Waals surface area contributed by atoms with Gasteiger partial charge < -0.3 is 14.7 Å². The first-order valence-corrected chi connectivity index (χ1v) is 8.22. The third kappa shape index (κ3) is 3.41. The van der Waals surface area contributed by atoms with Gasteiger partial charge in [0.2, 0.25) is 0 Å². The molecule has 0 bridgehead atoms. The van der Waals surface area contributed by atoms with Crippen LogP contribution in [-0.4, -0.2) is 36.4 Å². The number of pyridine rings is 1. The Balaban J connectivity index is 0.00000182. The van der Waals surface area contributed by atoms with Gasteiger partial charge in [-0.3, -0.25) is 0 Å². The van der Waals surface area contributed by atoms with Crippen molar-refractivity contribution >= 4 is 29.0 Å². The Labute approximate surface area is 153 Å². The second-order valence-corrected chi connectivity index (χ2v) is 6.16. The number of methoxy groups -OCH3 is 1. The number of aliphatic hydroxyl groups excluding tert-OH is 1. The number of aliphatic hydroxyl groups is 1. The van der Waals surface area contributed by atoms with Crippen LogP contribution in [0.5, 0.6) is 5.75 Å². The number of para-hydroxylation sites is 1. The quantitative estimate of drug-likeness (QED) is 0.773. The molecule has 2 aromatic carbocycles. The highest BCUT2D eigenvalue weighted by molar-refractivity contribution is 5.94. The molecule has 1 aliphatic heterocycles. The van der Waals surface area contributed by atoms with E-state index in [4.69, 9.17) is 9.72 Å². The number of rotatable bonds is 3. The van der Waals surface area contributed by atoms with Crippen molar-refractivity contribution in [2.75, 3.05) is 25.1 Å². The summed E-state index contributed by atoms with van der Waals surface area (Å²) in [5.74, 6) is 0.836. The molecular formula is C20H21ClN2O2. The fraction of sp³-hybridized carbons (Fsp3) is 0.250. The Morgan fingerprint density at radius 3 is 2.56 bits per heavy atom. The van der Waals surface area contributed by atoms with E-state index in [2.05, 4.69) is 17.0 Å². The largest absolute Gasteiger partial charge is 0.497 e. The Morgan fingerprint density at radius 1 is 1.12 bits per heavy atom. The Hall–Kier alpha value is -2.30. The van der Waals surface area contributed by atoms with Crippen LogP contribution in [-0.2, 0) is 0 Å². The monoisotopic (exact) mass is 356 g/mol. The van der Waals surface area contributed by atoms with Crippen LogP contribution in [0, 0.1) is 0 Å². The number of hydrogen-bond donors (Lipinski definition) is 1. The van der Waals surface area contributed by atoms with Gasteiger partial charge in [-0.25, -0.2) is 4.98 Å². The van der Waals surface area contributed by atoms with E-state index >= 15 is 0 Å². The van der Waals surface area contributed by atoms with Gasteiger partial charge in [-0.15, -0.1) is 12.4 Å². The van der Waals surface area contributed by atoms with Crippen molar-refractivity contribution in [3.8, 4) is 17.0 Å². The lowest BCUT2D eigenvalue weighted by atomic mass is 10.1. The van der Waals surface area contributed by atoms with Crippen molar-refractivity contribution < 1.29 is 9.84 Å². The number of anilines is 1. The second-order valence-electron chi connectivity index (χ2n) is 6.16. The molecule has 0 unspecified atom stereocenters. The minimum atomic E-state index is -0.249. The number of hydrogen-bond acceptors (Lipinski definition) is 4. The van der Waals surface area contributed by atoms with Crippen LogP contribution in [0.4, 0.5) is 5.69 Å². The maximum atomic E-state index is 9.91. The van der Waals surface area contributed by atoms with Crippen molar-refractivity contribution in [1.29, 1.82) is 0 Å². The Kier molecular flexibility index (Phi) is 5.11. The standard InChI is InChI=1S/C20H20N2O2.ClH/c1-24-16-8-6-14(7-9-16)19-12-20(22-11-10-15(23)13-22)17-4-2-3-5-18(17)21-19;/h2-9,12,15,23H,10-11,13H2,1H3;1H/t15-;/m1./s1. The zero-order valence-electron chi connectivity index (χ0n) is 14.1. The summed E-state index contributed by atoms with van der Waals surface area (Å²) in [5, 5.41) is 11.0. The van der Waals surface area contributed by atoms with Gasteiger partial charge in [0.25, 0.3) is 0 Å². The summed E-state index contributed by atoms with van der Waals surface area (Å²) in [7, 11) is 1.67. The van der Waals surface area contributed by atoms with E-state index in [1.54, 1.807) is 7.11 Å². The summed E-state index contributed by atoms with van der Waals surface area (Å²) >= 11 is 0. The SMILES string of the molecule is COc1ccc(-c2cc(N3CC[C@@H](O)C3)c3ccccc3n2)cc1.Cl. The fourth-order valence-electron chi connectivity index (χ4n) is 3.29. The highest BCUT2D eigenvalue weighted by Crippen LogP contribution is 2.33. The molecule has 0 spiro atoms. The molecule has 1 N–H and O–H groups in total. The zero-order valence-corrected chi connectivity index (χ0v) is 14.9. The number of ether oxygens (including phenoxy) is 1. The van der Waals surface area contributed by atoms with Gasteiger partial charge >= 0.3 is 0 Å². The molecule has 5 heteroatoms. The van der Waals surface area contributed by atoms with Crippen molar-refractivity contribution in [2.24, 2.45) is 0 Å². The fourth-order valence-corrected chi connectivity index (χ4v) is 3.29. The molecule has 1 atom stereocenters. The third-order valence-electron chi connectivity index (χ3n) is 4.58. The minimum Gasteiger partial charge on any atom is -0.497 e. The first-order valence-electron chi connectivity index (χ1n) is 8.22. The van der Waals surface area contributed by atoms with Crippen LogP contribution in [0.25, 0.3) is 22.2 Å². The molecule has 0 saturated carbocycles. The molecule has 1 saturated heterocycles. The number of β-amino-alcohol motifs (C(OH)–C–C–N with tert-alkyl or cyclic N) is 1. The van der Waals surface area contributed by atoms with Crippen molar-refractivity contribution in [3.63, 3.8) is 0 Å². The van der Waals surface area contributed by atoms with Gasteiger partial charge in [0.1, 0.15) is 5.75 Å². The predicted octanol–water partition coefficient (Wildman–Crippen LogP) is 3.90. The summed E-state index contributed by atoms with van der Waals surface area (Å²) in [6.45, 7) is 1.55. The number of nitrogens with zero attached hydrogens (tertiary/aromatic N) is 2. The lowest BCUT2D eigenvalue weighted by Gasteiger charge is -2.21. The average Bonchev–Trinajstić information content (AvgIpc) is 3.07. The summed E-state index contributed by atoms with van der Waals surface area (Å²) in [5.41, 5.74) is 4.11. The highest BCUT2D eigenvalue weighted by atomic mass is 35.5. The van der Waals surface area contributed by atoms with Gasteiger partial charge in [0.05, 0.1) is 24.4 Å². The van der Waals surface area contributed by atoms with E-state index < -0.39 is 0 Å². The predicted molar refractivity (Wildman–Crippen MR) is 104 cm³/mol. The normalized spacial score (nSPS) is 16.7. The molecule has 0 aliphatic carbocycles. The molecule has 0 amide bonds. The Bertz CT molecular complexity index is 867. The second kappa shape index (κ2) is 7.30. The van der Waals surface area contributed by atoms with Gasteiger partial charge in [0.15, 0.2) is 0 Å². The van der Waals surface area contributed by atoms with Crippen LogP contribution in [0.15, 0.2) is 54.6 Å². The molecule has 4 rings (SSSR count). The van der Waals surface area contributed by atoms with Crippen LogP contribution in [0.3, 0.4) is 0 Å². The third-order valence-corrected chi connectivity index (χ3v) is 4.58. The molecule has 1 aliphatic rings. The van der Waals surface area contributed by atoms with E-state index in [1.807, 2.05) is 42.5 Å². The molecule has 1 aromatic heterocycles. The summed E-state index contributed by atoms with van der Waals surface area (Å²) in [6, 6.07) is 18.3. The zero-order chi connectivity index (χ0) is 16.5. The maximum absolute atomic E-state index is 9.91. The number of aromatic nitrogens is 1. The van der Waals surface area contributed by atoms with Crippen molar-refractivity contribution in [2.45, 2.75) is 12.5 Å². The Morgan fingerprint density at radius 2 is 1.88 bits per heavy atom. The van der Waals surface area contributed by atoms with Crippen LogP contribution in [0.2, 0.25) is 0 Å². The number of benzene rings is 2. The molecular weight excluding hydrogens is 336 g/mol. The van der Waals surface area contributed by atoms with Crippen molar-refractivity contribution in [1.82, 2.24) is 4.98 Å². The molecule has 0 radical (unpaired) electrons. The summed E-state index contributed by atoms with van der Waals surface area (Å²) < 4.78 is 5.24. The van der Waals surface area contributed by atoms with E-state index in [-0.39, 0.29) is 18.5 Å². The first kappa shape index (κ1) is 17.5. The lowest BCUT2D eigenvalue weighted by molar-refractivity contribution is 0.198. The molecule has 25 heavy (non-hydrogen) atoms. The topological polar surface area (TPSA) is 45.6 Å². The van der Waals surface area contributed by atoms with Crippen LogP contribution < -0.4 is 9.64 Å². The van der Waals surface area contributed by atoms with Crippen molar-refractivity contribution in [3.05, 3.63) is 54.6 Å². The average molecular weight is 357 g/mol. The van der Waals surface area contributed by atoms with E-state index in [0.29, 0.717) is 6.54 Å². The highest BCUT2D eigenvalue weighted by Gasteiger charge is 2.22. The maximum Gasteiger partial charge on any atom is 0.118 e. The minimum absolute atomic E-state index is 0. The molecule has 3 aromatic rings. The van der Waals surface area contributed by atoms with Gasteiger partial charge in [-0.1, -0.05) is 18.2 Å². The van der Waals surface area contributed by atoms with E-state index in [0.717, 1.165) is 46.6 Å². The molecule has 4 nitrogen and oxygen atoms in total. The molecule has 2 heterocycles. The summed E-state index contributed by atoms with van der Waals surface area (Å²) in [6.07, 6.45) is 0.565. The smallest absolute Gasteiger partial charge is 0.118 e. The number of halogens is 1. The number of fused-ring (bicyclic) bond motifs is 1. The van der Waals surface area contributed by atoms with Gasteiger partial charge in [-0.2, -0.15) is 0 Å². The molecule has 1 fully saturated rings. The van der Waals surface area contributed by atoms with Crippen LogP contribution >= 0.6 is 12.4 Å². The summed E-state index contributed by atoms with van der Waals surface area (Å²) in [4.78, 5) is 7.07. The first-order chi connectivity index (χ1) is 11.7. The van der Waals surface area contributed by atoms with Gasteiger partial charge in [0, 0.05) is 29.7 Å². The molecule has 130 valence electrons. The van der Waals surface area contributed by atoms with E-state index in [1.165, 1.54) is 0 Å².